The van der Waals surface area contributed by atoms with Crippen LogP contribution in [0.25, 0.3) is 21.8 Å². The smallest absolute Gasteiger partial charge is 0.272 e. The maximum atomic E-state index is 11.7. The quantitative estimate of drug-likeness (QED) is 0.572. The number of hydrogen-bond acceptors (Lipinski definition) is 1. The largest absolute Gasteiger partial charge is 0.350 e. The van der Waals surface area contributed by atoms with Gasteiger partial charge in [0.1, 0.15) is 5.52 Å². The van der Waals surface area contributed by atoms with Crippen molar-refractivity contribution in [3.05, 3.63) is 46.4 Å². The van der Waals surface area contributed by atoms with Crippen molar-refractivity contribution < 1.29 is 0 Å². The summed E-state index contributed by atoms with van der Waals surface area (Å²) in [6.07, 6.45) is 0. The summed E-state index contributed by atoms with van der Waals surface area (Å²) >= 11 is 0. The van der Waals surface area contributed by atoms with Gasteiger partial charge in [-0.05, 0) is 19.1 Å². The molecular weight excluding hydrogens is 188 g/mol. The lowest BCUT2D eigenvalue weighted by Crippen LogP contribution is -2.06. The van der Waals surface area contributed by atoms with E-state index in [-0.39, 0.29) is 5.56 Å². The highest BCUT2D eigenvalue weighted by Gasteiger charge is 2.06. The molecule has 2 heterocycles. The number of aromatic amines is 2. The summed E-state index contributed by atoms with van der Waals surface area (Å²) in [6, 6.07) is 9.93. The first kappa shape index (κ1) is 8.29. The van der Waals surface area contributed by atoms with Gasteiger partial charge in [0.15, 0.2) is 0 Å². The summed E-state index contributed by atoms with van der Waals surface area (Å²) < 4.78 is 0. The van der Waals surface area contributed by atoms with Gasteiger partial charge in [-0.15, -0.1) is 0 Å². The van der Waals surface area contributed by atoms with Crippen LogP contribution in [0.1, 0.15) is 5.69 Å². The Hall–Kier alpha value is -2.03. The van der Waals surface area contributed by atoms with E-state index in [9.17, 15) is 4.79 Å². The minimum absolute atomic E-state index is 0.0544. The standard InChI is InChI=1S/C12H10N2O/c1-7-6-9-8-4-2-3-5-10(8)14-11(9)12(15)13-7/h2-6,14H,1H3,(H,13,15). The molecule has 3 rings (SSSR count). The Morgan fingerprint density at radius 3 is 2.73 bits per heavy atom. The minimum atomic E-state index is -0.0544. The predicted molar refractivity (Wildman–Crippen MR) is 61.2 cm³/mol. The van der Waals surface area contributed by atoms with Crippen LogP contribution in [0.15, 0.2) is 35.1 Å². The van der Waals surface area contributed by atoms with Gasteiger partial charge in [-0.2, -0.15) is 0 Å². The molecule has 0 fully saturated rings. The maximum absolute atomic E-state index is 11.7. The number of aromatic nitrogens is 2. The van der Waals surface area contributed by atoms with Crippen LogP contribution in [-0.2, 0) is 0 Å². The maximum Gasteiger partial charge on any atom is 0.272 e. The zero-order chi connectivity index (χ0) is 10.4. The number of aryl methyl sites for hydroxylation is 1. The van der Waals surface area contributed by atoms with Gasteiger partial charge in [0.2, 0.25) is 0 Å². The molecule has 15 heavy (non-hydrogen) atoms. The molecule has 0 bridgehead atoms. The van der Waals surface area contributed by atoms with E-state index in [0.717, 1.165) is 22.0 Å². The van der Waals surface area contributed by atoms with Gasteiger partial charge in [0, 0.05) is 22.0 Å². The van der Waals surface area contributed by atoms with Crippen LogP contribution < -0.4 is 5.56 Å². The molecular formula is C12H10N2O. The molecule has 0 saturated heterocycles. The van der Waals surface area contributed by atoms with Gasteiger partial charge >= 0.3 is 0 Å². The second-order valence-electron chi connectivity index (χ2n) is 3.74. The van der Waals surface area contributed by atoms with Crippen LogP contribution in [0, 0.1) is 6.92 Å². The lowest BCUT2D eigenvalue weighted by Gasteiger charge is -1.93. The molecule has 0 atom stereocenters. The first-order valence-corrected chi connectivity index (χ1v) is 4.86. The van der Waals surface area contributed by atoms with E-state index in [4.69, 9.17) is 0 Å². The van der Waals surface area contributed by atoms with Gasteiger partial charge < -0.3 is 9.97 Å². The average Bonchev–Trinajstić information content (AvgIpc) is 2.57. The van der Waals surface area contributed by atoms with E-state index in [0.29, 0.717) is 5.52 Å². The monoisotopic (exact) mass is 198 g/mol. The molecule has 0 amide bonds. The van der Waals surface area contributed by atoms with Crippen LogP contribution in [0.5, 0.6) is 0 Å². The molecule has 3 nitrogen and oxygen atoms in total. The lowest BCUT2D eigenvalue weighted by atomic mass is 10.2. The van der Waals surface area contributed by atoms with Crippen molar-refractivity contribution in [3.63, 3.8) is 0 Å². The first-order chi connectivity index (χ1) is 7.25. The zero-order valence-corrected chi connectivity index (χ0v) is 8.29. The highest BCUT2D eigenvalue weighted by molar-refractivity contribution is 6.06. The van der Waals surface area contributed by atoms with Crippen LogP contribution in [0.4, 0.5) is 0 Å². The van der Waals surface area contributed by atoms with Crippen LogP contribution in [0.2, 0.25) is 0 Å². The molecule has 1 aromatic carbocycles. The second kappa shape index (κ2) is 2.73. The summed E-state index contributed by atoms with van der Waals surface area (Å²) in [7, 11) is 0. The summed E-state index contributed by atoms with van der Waals surface area (Å²) in [5.41, 5.74) is 2.49. The fourth-order valence-corrected chi connectivity index (χ4v) is 1.99. The van der Waals surface area contributed by atoms with Crippen molar-refractivity contribution in [2.75, 3.05) is 0 Å². The van der Waals surface area contributed by atoms with Crippen molar-refractivity contribution in [2.45, 2.75) is 6.92 Å². The Bertz CT molecular complexity index is 706. The third-order valence-electron chi connectivity index (χ3n) is 2.64. The van der Waals surface area contributed by atoms with E-state index < -0.39 is 0 Å². The molecule has 0 radical (unpaired) electrons. The molecule has 2 N–H and O–H groups in total. The number of pyridine rings is 1. The van der Waals surface area contributed by atoms with Crippen LogP contribution in [0.3, 0.4) is 0 Å². The van der Waals surface area contributed by atoms with Crippen molar-refractivity contribution in [1.82, 2.24) is 9.97 Å². The topological polar surface area (TPSA) is 48.6 Å². The highest BCUT2D eigenvalue weighted by Crippen LogP contribution is 2.22. The van der Waals surface area contributed by atoms with Crippen molar-refractivity contribution in [2.24, 2.45) is 0 Å². The van der Waals surface area contributed by atoms with Crippen LogP contribution in [-0.4, -0.2) is 9.97 Å². The summed E-state index contributed by atoms with van der Waals surface area (Å²) in [5.74, 6) is 0. The Balaban J connectivity index is 2.67. The van der Waals surface area contributed by atoms with E-state index >= 15 is 0 Å². The third kappa shape index (κ3) is 1.09. The number of H-pyrrole nitrogens is 2. The Morgan fingerprint density at radius 2 is 1.87 bits per heavy atom. The predicted octanol–water partition coefficient (Wildman–Crippen LogP) is 2.32. The number of rotatable bonds is 0. The van der Waals surface area contributed by atoms with Gasteiger partial charge in [-0.1, -0.05) is 18.2 Å². The Labute approximate surface area is 85.8 Å². The van der Waals surface area contributed by atoms with Crippen molar-refractivity contribution >= 4 is 21.8 Å². The first-order valence-electron chi connectivity index (χ1n) is 4.86. The Morgan fingerprint density at radius 1 is 1.07 bits per heavy atom. The second-order valence-corrected chi connectivity index (χ2v) is 3.74. The van der Waals surface area contributed by atoms with Gasteiger partial charge in [-0.25, -0.2) is 0 Å². The van der Waals surface area contributed by atoms with Crippen molar-refractivity contribution in [1.29, 1.82) is 0 Å². The molecule has 0 saturated carbocycles. The fourth-order valence-electron chi connectivity index (χ4n) is 1.99. The van der Waals surface area contributed by atoms with E-state index in [1.165, 1.54) is 0 Å². The number of para-hydroxylation sites is 1. The van der Waals surface area contributed by atoms with E-state index in [1.807, 2.05) is 37.3 Å². The average molecular weight is 198 g/mol. The molecule has 0 aliphatic carbocycles. The zero-order valence-electron chi connectivity index (χ0n) is 8.29. The van der Waals surface area contributed by atoms with E-state index in [2.05, 4.69) is 9.97 Å². The molecule has 0 unspecified atom stereocenters. The normalized spacial score (nSPS) is 11.3. The summed E-state index contributed by atoms with van der Waals surface area (Å²) in [6.45, 7) is 1.89. The molecule has 0 aliphatic heterocycles. The molecule has 3 heteroatoms. The number of nitrogens with one attached hydrogen (secondary N) is 2. The minimum Gasteiger partial charge on any atom is -0.350 e. The summed E-state index contributed by atoms with van der Waals surface area (Å²) in [5, 5.41) is 2.09. The van der Waals surface area contributed by atoms with E-state index in [1.54, 1.807) is 0 Å². The fraction of sp³-hybridized carbons (Fsp3) is 0.0833. The van der Waals surface area contributed by atoms with Crippen LogP contribution >= 0.6 is 0 Å². The van der Waals surface area contributed by atoms with Gasteiger partial charge in [-0.3, -0.25) is 4.79 Å². The van der Waals surface area contributed by atoms with Gasteiger partial charge in [0.25, 0.3) is 5.56 Å². The summed E-state index contributed by atoms with van der Waals surface area (Å²) in [4.78, 5) is 17.6. The Kier molecular flexibility index (Phi) is 1.51. The number of hydrogen-bond donors (Lipinski definition) is 2. The molecule has 2 aromatic heterocycles. The SMILES string of the molecule is Cc1cc2c([nH]c3ccccc32)c(=O)[nH]1. The third-order valence-corrected chi connectivity index (χ3v) is 2.64. The molecule has 3 aromatic rings. The lowest BCUT2D eigenvalue weighted by molar-refractivity contribution is 1.16. The molecule has 0 spiro atoms. The van der Waals surface area contributed by atoms with Crippen molar-refractivity contribution in [3.8, 4) is 0 Å². The highest BCUT2D eigenvalue weighted by atomic mass is 16.1. The number of benzene rings is 1. The molecule has 74 valence electrons. The van der Waals surface area contributed by atoms with Gasteiger partial charge in [0.05, 0.1) is 0 Å². The number of fused-ring (bicyclic) bond motifs is 3. The molecule has 0 aliphatic rings.